The number of hydrogen-bond donors (Lipinski definition) is 1. The zero-order valence-electron chi connectivity index (χ0n) is 13.7. The van der Waals surface area contributed by atoms with Crippen molar-refractivity contribution in [2.45, 2.75) is 40.2 Å². The third kappa shape index (κ3) is 2.66. The van der Waals surface area contributed by atoms with Crippen LogP contribution in [0.25, 0.3) is 16.7 Å². The van der Waals surface area contributed by atoms with Crippen LogP contribution in [0.3, 0.4) is 0 Å². The summed E-state index contributed by atoms with van der Waals surface area (Å²) in [6, 6.07) is 6.32. The second-order valence-corrected chi connectivity index (χ2v) is 6.68. The van der Waals surface area contributed by atoms with Gasteiger partial charge >= 0.3 is 0 Å². The van der Waals surface area contributed by atoms with Crippen molar-refractivity contribution in [2.24, 2.45) is 0 Å². The third-order valence-corrected chi connectivity index (χ3v) is 3.44. The topological polar surface area (TPSA) is 55.6 Å². The van der Waals surface area contributed by atoms with Crippen LogP contribution in [0.1, 0.15) is 31.9 Å². The summed E-state index contributed by atoms with van der Waals surface area (Å²) in [6.07, 6.45) is 3.40. The molecule has 0 saturated heterocycles. The van der Waals surface area contributed by atoms with E-state index in [0.717, 1.165) is 22.5 Å². The van der Waals surface area contributed by atoms with E-state index in [1.807, 2.05) is 10.9 Å². The van der Waals surface area contributed by atoms with Crippen molar-refractivity contribution >= 4 is 16.9 Å². The first kappa shape index (κ1) is 14.5. The van der Waals surface area contributed by atoms with E-state index in [1.165, 1.54) is 11.1 Å². The van der Waals surface area contributed by atoms with Gasteiger partial charge in [0.2, 0.25) is 0 Å². The second-order valence-electron chi connectivity index (χ2n) is 6.68. The summed E-state index contributed by atoms with van der Waals surface area (Å²) in [4.78, 5) is 8.78. The molecule has 0 unspecified atom stereocenters. The van der Waals surface area contributed by atoms with E-state index in [2.05, 4.69) is 73.2 Å². The molecule has 0 aliphatic rings. The Morgan fingerprint density at radius 2 is 1.86 bits per heavy atom. The minimum absolute atomic E-state index is 0.0663. The van der Waals surface area contributed by atoms with Gasteiger partial charge in [-0.15, -0.1) is 0 Å². The fourth-order valence-corrected chi connectivity index (χ4v) is 2.52. The highest BCUT2D eigenvalue weighted by atomic mass is 15.3. The summed E-state index contributed by atoms with van der Waals surface area (Å²) in [5, 5.41) is 8.86. The lowest BCUT2D eigenvalue weighted by Crippen LogP contribution is -2.26. The Hall–Kier alpha value is -2.43. The van der Waals surface area contributed by atoms with Gasteiger partial charge in [-0.05, 0) is 46.2 Å². The van der Waals surface area contributed by atoms with E-state index in [1.54, 1.807) is 6.33 Å². The van der Waals surface area contributed by atoms with Crippen molar-refractivity contribution in [3.05, 3.63) is 41.9 Å². The van der Waals surface area contributed by atoms with Crippen molar-refractivity contribution in [3.63, 3.8) is 0 Å². The molecule has 0 bridgehead atoms. The number of nitrogens with one attached hydrogen (secondary N) is 1. The summed E-state index contributed by atoms with van der Waals surface area (Å²) in [5.41, 5.74) is 4.20. The quantitative estimate of drug-likeness (QED) is 0.784. The maximum atomic E-state index is 4.52. The Labute approximate surface area is 130 Å². The summed E-state index contributed by atoms with van der Waals surface area (Å²) in [7, 11) is 0. The summed E-state index contributed by atoms with van der Waals surface area (Å²) in [5.74, 6) is 0.813. The molecule has 22 heavy (non-hydrogen) atoms. The van der Waals surface area contributed by atoms with E-state index in [0.29, 0.717) is 0 Å². The minimum atomic E-state index is -0.0663. The van der Waals surface area contributed by atoms with Crippen molar-refractivity contribution < 1.29 is 0 Å². The van der Waals surface area contributed by atoms with Gasteiger partial charge in [-0.3, -0.25) is 0 Å². The van der Waals surface area contributed by atoms with Gasteiger partial charge in [0.1, 0.15) is 12.1 Å². The number of fused-ring (bicyclic) bond motifs is 1. The van der Waals surface area contributed by atoms with Crippen molar-refractivity contribution in [1.82, 2.24) is 19.7 Å². The van der Waals surface area contributed by atoms with Gasteiger partial charge in [0, 0.05) is 5.54 Å². The minimum Gasteiger partial charge on any atom is -0.365 e. The second kappa shape index (κ2) is 5.09. The monoisotopic (exact) mass is 295 g/mol. The maximum Gasteiger partial charge on any atom is 0.168 e. The molecular formula is C17H21N5. The fourth-order valence-electron chi connectivity index (χ4n) is 2.52. The fraction of sp³-hybridized carbons (Fsp3) is 0.353. The normalized spacial score (nSPS) is 11.9. The zero-order valence-corrected chi connectivity index (χ0v) is 13.7. The molecule has 2 heterocycles. The average Bonchev–Trinajstić information content (AvgIpc) is 2.82. The van der Waals surface area contributed by atoms with Gasteiger partial charge in [-0.2, -0.15) is 5.10 Å². The first-order valence-electron chi connectivity index (χ1n) is 7.40. The Balaban J connectivity index is 2.15. The van der Waals surface area contributed by atoms with Gasteiger partial charge in [0.15, 0.2) is 5.65 Å². The van der Waals surface area contributed by atoms with Crippen molar-refractivity contribution in [2.75, 3.05) is 5.32 Å². The Kier molecular flexibility index (Phi) is 3.35. The zero-order chi connectivity index (χ0) is 15.9. The van der Waals surface area contributed by atoms with Gasteiger partial charge in [-0.1, -0.05) is 17.7 Å². The van der Waals surface area contributed by atoms with Crippen LogP contribution in [0.2, 0.25) is 0 Å². The predicted molar refractivity (Wildman–Crippen MR) is 89.5 cm³/mol. The SMILES string of the molecule is Cc1ccc(-n2ncc3c(NC(C)(C)C)ncnc32)c(C)c1. The Morgan fingerprint density at radius 3 is 2.55 bits per heavy atom. The maximum absolute atomic E-state index is 4.52. The number of rotatable bonds is 2. The lowest BCUT2D eigenvalue weighted by molar-refractivity contribution is 0.631. The van der Waals surface area contributed by atoms with Crippen LogP contribution >= 0.6 is 0 Å². The van der Waals surface area contributed by atoms with E-state index >= 15 is 0 Å². The van der Waals surface area contributed by atoms with Crippen LogP contribution in [0.15, 0.2) is 30.7 Å². The standard InChI is InChI=1S/C17H21N5/c1-11-6-7-14(12(2)8-11)22-16-13(9-20-22)15(18-10-19-16)21-17(3,4)5/h6-10H,1-5H3,(H,18,19,21). The van der Waals surface area contributed by atoms with Crippen LogP contribution in [0, 0.1) is 13.8 Å². The smallest absolute Gasteiger partial charge is 0.168 e. The molecular weight excluding hydrogens is 274 g/mol. The number of anilines is 1. The first-order valence-corrected chi connectivity index (χ1v) is 7.40. The van der Waals surface area contributed by atoms with Crippen LogP contribution in [0.5, 0.6) is 0 Å². The van der Waals surface area contributed by atoms with E-state index < -0.39 is 0 Å². The molecule has 5 nitrogen and oxygen atoms in total. The van der Waals surface area contributed by atoms with Crippen LogP contribution < -0.4 is 5.32 Å². The molecule has 0 amide bonds. The van der Waals surface area contributed by atoms with Crippen molar-refractivity contribution in [3.8, 4) is 5.69 Å². The van der Waals surface area contributed by atoms with Gasteiger partial charge in [-0.25, -0.2) is 14.6 Å². The highest BCUT2D eigenvalue weighted by Crippen LogP contribution is 2.25. The Morgan fingerprint density at radius 1 is 1.09 bits per heavy atom. The molecule has 0 atom stereocenters. The highest BCUT2D eigenvalue weighted by Gasteiger charge is 2.16. The number of aromatic nitrogens is 4. The molecule has 1 aromatic carbocycles. The molecule has 0 aliphatic carbocycles. The molecule has 1 N–H and O–H groups in total. The first-order chi connectivity index (χ1) is 10.3. The molecule has 3 rings (SSSR count). The van der Waals surface area contributed by atoms with E-state index in [-0.39, 0.29) is 5.54 Å². The average molecular weight is 295 g/mol. The molecule has 0 radical (unpaired) electrons. The lowest BCUT2D eigenvalue weighted by Gasteiger charge is -2.21. The van der Waals surface area contributed by atoms with Crippen LogP contribution in [-0.2, 0) is 0 Å². The molecule has 0 saturated carbocycles. The van der Waals surface area contributed by atoms with Crippen LogP contribution in [0.4, 0.5) is 5.82 Å². The molecule has 2 aromatic heterocycles. The predicted octanol–water partition coefficient (Wildman–Crippen LogP) is 3.64. The van der Waals surface area contributed by atoms with E-state index in [9.17, 15) is 0 Å². The lowest BCUT2D eigenvalue weighted by atomic mass is 10.1. The summed E-state index contributed by atoms with van der Waals surface area (Å²) < 4.78 is 1.87. The van der Waals surface area contributed by atoms with Gasteiger partial charge in [0.25, 0.3) is 0 Å². The Bertz CT molecular complexity index is 827. The molecule has 3 aromatic rings. The molecule has 0 spiro atoms. The molecule has 114 valence electrons. The third-order valence-electron chi connectivity index (χ3n) is 3.44. The largest absolute Gasteiger partial charge is 0.365 e. The summed E-state index contributed by atoms with van der Waals surface area (Å²) in [6.45, 7) is 10.5. The van der Waals surface area contributed by atoms with Crippen LogP contribution in [-0.4, -0.2) is 25.3 Å². The highest BCUT2D eigenvalue weighted by molar-refractivity contribution is 5.87. The number of nitrogens with zero attached hydrogens (tertiary/aromatic N) is 4. The number of benzene rings is 1. The van der Waals surface area contributed by atoms with Crippen molar-refractivity contribution in [1.29, 1.82) is 0 Å². The van der Waals surface area contributed by atoms with E-state index in [4.69, 9.17) is 0 Å². The van der Waals surface area contributed by atoms with Gasteiger partial charge < -0.3 is 5.32 Å². The van der Waals surface area contributed by atoms with Gasteiger partial charge in [0.05, 0.1) is 17.3 Å². The number of hydrogen-bond acceptors (Lipinski definition) is 4. The summed E-state index contributed by atoms with van der Waals surface area (Å²) >= 11 is 0. The molecule has 0 fully saturated rings. The molecule has 5 heteroatoms. The number of aryl methyl sites for hydroxylation is 2. The molecule has 0 aliphatic heterocycles.